The van der Waals surface area contributed by atoms with Crippen molar-refractivity contribution in [3.8, 4) is 0 Å². The first-order valence-electron chi connectivity index (χ1n) is 5.71. The van der Waals surface area contributed by atoms with Crippen molar-refractivity contribution in [2.75, 3.05) is 0 Å². The van der Waals surface area contributed by atoms with Gasteiger partial charge in [0.1, 0.15) is 11.3 Å². The van der Waals surface area contributed by atoms with E-state index in [9.17, 15) is 4.79 Å². The van der Waals surface area contributed by atoms with E-state index in [1.807, 2.05) is 18.2 Å². The van der Waals surface area contributed by atoms with E-state index in [4.69, 9.17) is 9.52 Å². The molecule has 1 heterocycles. The first-order valence-corrected chi connectivity index (χ1v) is 5.71. The number of rotatable bonds is 3. The van der Waals surface area contributed by atoms with E-state index < -0.39 is 6.09 Å². The lowest BCUT2D eigenvalue weighted by molar-refractivity contribution is 0.194. The minimum Gasteiger partial charge on any atom is -0.465 e. The molecule has 4 nitrogen and oxygen atoms in total. The Balaban J connectivity index is 1.86. The number of carbonyl (C=O) groups is 1. The number of fused-ring (bicyclic) bond motifs is 1. The fourth-order valence-corrected chi connectivity index (χ4v) is 1.97. The fourth-order valence-electron chi connectivity index (χ4n) is 1.97. The molecule has 3 rings (SSSR count). The highest BCUT2D eigenvalue weighted by atomic mass is 16.4. The standard InChI is InChI=1S/C13H13NO3/c15-13(16)14-7-8-1-4-11-10(5-8)6-12(17-11)9-2-3-9/h1,4-6,9,14H,2-3,7H2,(H,15,16). The molecule has 0 bridgehead atoms. The molecule has 0 spiro atoms. The molecule has 1 aliphatic rings. The van der Waals surface area contributed by atoms with Gasteiger partial charge in [0.25, 0.3) is 0 Å². The number of furan rings is 1. The smallest absolute Gasteiger partial charge is 0.404 e. The van der Waals surface area contributed by atoms with E-state index in [-0.39, 0.29) is 0 Å². The Kier molecular flexibility index (Phi) is 2.28. The van der Waals surface area contributed by atoms with Crippen LogP contribution in [0.3, 0.4) is 0 Å². The molecule has 1 aromatic heterocycles. The number of hydrogen-bond acceptors (Lipinski definition) is 2. The summed E-state index contributed by atoms with van der Waals surface area (Å²) in [5.41, 5.74) is 1.83. The van der Waals surface area contributed by atoms with E-state index in [2.05, 4.69) is 11.4 Å². The van der Waals surface area contributed by atoms with E-state index >= 15 is 0 Å². The highest BCUT2D eigenvalue weighted by molar-refractivity contribution is 5.79. The van der Waals surface area contributed by atoms with Crippen LogP contribution in [0.2, 0.25) is 0 Å². The van der Waals surface area contributed by atoms with Gasteiger partial charge in [-0.3, -0.25) is 0 Å². The molecular formula is C13H13NO3. The summed E-state index contributed by atoms with van der Waals surface area (Å²) in [5.74, 6) is 1.66. The fraction of sp³-hybridized carbons (Fsp3) is 0.308. The Morgan fingerprint density at radius 2 is 2.24 bits per heavy atom. The molecule has 1 fully saturated rings. The first-order chi connectivity index (χ1) is 8.22. The quantitative estimate of drug-likeness (QED) is 0.853. The van der Waals surface area contributed by atoms with Crippen LogP contribution in [0.15, 0.2) is 28.7 Å². The molecule has 2 N–H and O–H groups in total. The Morgan fingerprint density at radius 1 is 1.41 bits per heavy atom. The van der Waals surface area contributed by atoms with Crippen molar-refractivity contribution in [2.24, 2.45) is 0 Å². The lowest BCUT2D eigenvalue weighted by Crippen LogP contribution is -2.19. The Labute approximate surface area is 98.2 Å². The van der Waals surface area contributed by atoms with Gasteiger partial charge in [0.05, 0.1) is 0 Å². The van der Waals surface area contributed by atoms with Gasteiger partial charge in [-0.25, -0.2) is 4.79 Å². The summed E-state index contributed by atoms with van der Waals surface area (Å²) in [4.78, 5) is 10.4. The van der Waals surface area contributed by atoms with Crippen molar-refractivity contribution in [1.82, 2.24) is 5.32 Å². The van der Waals surface area contributed by atoms with Crippen LogP contribution in [-0.2, 0) is 6.54 Å². The number of carboxylic acid groups (broad SMARTS) is 1. The predicted octanol–water partition coefficient (Wildman–Crippen LogP) is 3.08. The highest BCUT2D eigenvalue weighted by Crippen LogP contribution is 2.42. The number of amides is 1. The lowest BCUT2D eigenvalue weighted by atomic mass is 10.1. The number of benzene rings is 1. The molecular weight excluding hydrogens is 218 g/mol. The Bertz CT molecular complexity index is 569. The topological polar surface area (TPSA) is 62.5 Å². The summed E-state index contributed by atoms with van der Waals surface area (Å²) in [7, 11) is 0. The zero-order valence-corrected chi connectivity index (χ0v) is 9.27. The van der Waals surface area contributed by atoms with E-state index in [0.717, 1.165) is 22.3 Å². The molecule has 1 amide bonds. The van der Waals surface area contributed by atoms with Crippen molar-refractivity contribution in [3.63, 3.8) is 0 Å². The minimum absolute atomic E-state index is 0.329. The van der Waals surface area contributed by atoms with Crippen LogP contribution in [0.25, 0.3) is 11.0 Å². The van der Waals surface area contributed by atoms with Gasteiger partial charge in [-0.1, -0.05) is 6.07 Å². The second-order valence-corrected chi connectivity index (χ2v) is 4.45. The zero-order chi connectivity index (χ0) is 11.8. The maximum Gasteiger partial charge on any atom is 0.404 e. The molecule has 4 heteroatoms. The molecule has 1 aromatic carbocycles. The average molecular weight is 231 g/mol. The van der Waals surface area contributed by atoms with Gasteiger partial charge >= 0.3 is 6.09 Å². The number of hydrogen-bond donors (Lipinski definition) is 2. The van der Waals surface area contributed by atoms with Crippen molar-refractivity contribution >= 4 is 17.1 Å². The predicted molar refractivity (Wildman–Crippen MR) is 63.1 cm³/mol. The molecule has 0 radical (unpaired) electrons. The summed E-state index contributed by atoms with van der Waals surface area (Å²) in [6, 6.07) is 7.83. The van der Waals surface area contributed by atoms with Crippen LogP contribution < -0.4 is 5.32 Å². The van der Waals surface area contributed by atoms with Gasteiger partial charge in [-0.05, 0) is 36.6 Å². The third-order valence-electron chi connectivity index (χ3n) is 3.02. The number of nitrogens with one attached hydrogen (secondary N) is 1. The van der Waals surface area contributed by atoms with Crippen molar-refractivity contribution in [1.29, 1.82) is 0 Å². The molecule has 0 aliphatic heterocycles. The van der Waals surface area contributed by atoms with Crippen molar-refractivity contribution in [2.45, 2.75) is 25.3 Å². The zero-order valence-electron chi connectivity index (χ0n) is 9.27. The Morgan fingerprint density at radius 3 is 2.94 bits per heavy atom. The largest absolute Gasteiger partial charge is 0.465 e. The summed E-state index contributed by atoms with van der Waals surface area (Å²) < 4.78 is 5.74. The maximum atomic E-state index is 10.4. The third kappa shape index (κ3) is 2.11. The minimum atomic E-state index is -1.00. The van der Waals surface area contributed by atoms with E-state index in [0.29, 0.717) is 12.5 Å². The van der Waals surface area contributed by atoms with Crippen molar-refractivity contribution < 1.29 is 14.3 Å². The summed E-state index contributed by atoms with van der Waals surface area (Å²) in [6.07, 6.45) is 1.43. The molecule has 0 atom stereocenters. The Hall–Kier alpha value is -1.97. The van der Waals surface area contributed by atoms with E-state index in [1.54, 1.807) is 0 Å². The normalized spacial score (nSPS) is 15.1. The molecule has 0 unspecified atom stereocenters. The highest BCUT2D eigenvalue weighted by Gasteiger charge is 2.27. The van der Waals surface area contributed by atoms with Gasteiger partial charge in [0.2, 0.25) is 0 Å². The van der Waals surface area contributed by atoms with Crippen molar-refractivity contribution in [3.05, 3.63) is 35.6 Å². The van der Waals surface area contributed by atoms with Gasteiger partial charge in [-0.2, -0.15) is 0 Å². The van der Waals surface area contributed by atoms with Crippen LogP contribution in [0.4, 0.5) is 4.79 Å². The van der Waals surface area contributed by atoms with Gasteiger partial charge < -0.3 is 14.8 Å². The summed E-state index contributed by atoms with van der Waals surface area (Å²) >= 11 is 0. The van der Waals surface area contributed by atoms with E-state index in [1.165, 1.54) is 12.8 Å². The van der Waals surface area contributed by atoms with Crippen LogP contribution in [0, 0.1) is 0 Å². The molecule has 0 saturated heterocycles. The average Bonchev–Trinajstić information content (AvgIpc) is 3.06. The molecule has 17 heavy (non-hydrogen) atoms. The maximum absolute atomic E-state index is 10.4. The van der Waals surface area contributed by atoms with Crippen LogP contribution >= 0.6 is 0 Å². The van der Waals surface area contributed by atoms with Gasteiger partial charge in [-0.15, -0.1) is 0 Å². The third-order valence-corrected chi connectivity index (χ3v) is 3.02. The molecule has 1 saturated carbocycles. The van der Waals surface area contributed by atoms with Crippen LogP contribution in [-0.4, -0.2) is 11.2 Å². The molecule has 88 valence electrons. The molecule has 1 aliphatic carbocycles. The monoisotopic (exact) mass is 231 g/mol. The summed E-state index contributed by atoms with van der Waals surface area (Å²) in [5, 5.41) is 12.0. The SMILES string of the molecule is O=C(O)NCc1ccc2oc(C3CC3)cc2c1. The van der Waals surface area contributed by atoms with Crippen LogP contribution in [0.1, 0.15) is 30.1 Å². The lowest BCUT2D eigenvalue weighted by Gasteiger charge is -2.00. The van der Waals surface area contributed by atoms with Gasteiger partial charge in [0, 0.05) is 17.8 Å². The molecule has 2 aromatic rings. The van der Waals surface area contributed by atoms with Gasteiger partial charge in [0.15, 0.2) is 0 Å². The summed E-state index contributed by atoms with van der Waals surface area (Å²) in [6.45, 7) is 0.329. The second-order valence-electron chi connectivity index (χ2n) is 4.45. The second kappa shape index (κ2) is 3.80. The first kappa shape index (κ1) is 10.2. The van der Waals surface area contributed by atoms with Crippen LogP contribution in [0.5, 0.6) is 0 Å².